The number of nitrogens with one attached hydrogen (secondary N) is 1. The molecule has 1 fully saturated rings. The molecule has 1 saturated heterocycles. The van der Waals surface area contributed by atoms with Crippen molar-refractivity contribution >= 4 is 6.03 Å². The highest BCUT2D eigenvalue weighted by atomic mass is 16.5. The van der Waals surface area contributed by atoms with Gasteiger partial charge in [0.15, 0.2) is 0 Å². The van der Waals surface area contributed by atoms with E-state index in [9.17, 15) is 4.79 Å². The lowest BCUT2D eigenvalue weighted by Gasteiger charge is -2.20. The summed E-state index contributed by atoms with van der Waals surface area (Å²) in [6, 6.07) is 0.0501. The summed E-state index contributed by atoms with van der Waals surface area (Å²) in [5.41, 5.74) is 0. The van der Waals surface area contributed by atoms with Crippen LogP contribution >= 0.6 is 0 Å². The van der Waals surface area contributed by atoms with Gasteiger partial charge in [0, 0.05) is 26.2 Å². The lowest BCUT2D eigenvalue weighted by molar-refractivity contribution is 0.0907. The van der Waals surface area contributed by atoms with Crippen molar-refractivity contribution in [3.63, 3.8) is 0 Å². The highest BCUT2D eigenvalue weighted by molar-refractivity contribution is 5.74. The van der Waals surface area contributed by atoms with Crippen LogP contribution in [0.1, 0.15) is 32.1 Å². The quantitative estimate of drug-likeness (QED) is 0.684. The standard InChI is InChI=1S/C12H24N2O3/c15-9-11-17-10-5-6-13-12(16)14-7-3-1-2-4-8-14/h15H,1-11H2,(H,13,16). The average Bonchev–Trinajstić information content (AvgIpc) is 2.62. The van der Waals surface area contributed by atoms with Crippen molar-refractivity contribution in [1.82, 2.24) is 10.2 Å². The van der Waals surface area contributed by atoms with Crippen LogP contribution in [0.15, 0.2) is 0 Å². The molecular weight excluding hydrogens is 220 g/mol. The smallest absolute Gasteiger partial charge is 0.317 e. The molecule has 0 unspecified atom stereocenters. The first kappa shape index (κ1) is 14.3. The molecule has 0 saturated carbocycles. The van der Waals surface area contributed by atoms with Crippen LogP contribution in [-0.4, -0.2) is 55.5 Å². The molecule has 17 heavy (non-hydrogen) atoms. The third-order valence-electron chi connectivity index (χ3n) is 2.87. The number of rotatable bonds is 6. The summed E-state index contributed by atoms with van der Waals surface area (Å²) in [6.07, 6.45) is 5.50. The second-order valence-corrected chi connectivity index (χ2v) is 4.32. The summed E-state index contributed by atoms with van der Waals surface area (Å²) in [4.78, 5) is 13.7. The molecule has 0 aromatic carbocycles. The Bertz CT molecular complexity index is 204. The fourth-order valence-electron chi connectivity index (χ4n) is 1.92. The minimum atomic E-state index is 0.0501. The topological polar surface area (TPSA) is 61.8 Å². The molecule has 0 aromatic rings. The van der Waals surface area contributed by atoms with E-state index in [-0.39, 0.29) is 12.6 Å². The minimum Gasteiger partial charge on any atom is -0.394 e. The highest BCUT2D eigenvalue weighted by Crippen LogP contribution is 2.09. The third-order valence-corrected chi connectivity index (χ3v) is 2.87. The molecule has 5 nitrogen and oxygen atoms in total. The van der Waals surface area contributed by atoms with Crippen LogP contribution in [0.25, 0.3) is 0 Å². The van der Waals surface area contributed by atoms with Gasteiger partial charge in [0.05, 0.1) is 13.2 Å². The summed E-state index contributed by atoms with van der Waals surface area (Å²) < 4.78 is 5.12. The monoisotopic (exact) mass is 244 g/mol. The molecule has 1 aliphatic heterocycles. The van der Waals surface area contributed by atoms with Gasteiger partial charge < -0.3 is 20.1 Å². The van der Waals surface area contributed by atoms with E-state index in [4.69, 9.17) is 9.84 Å². The van der Waals surface area contributed by atoms with E-state index in [1.54, 1.807) is 0 Å². The van der Waals surface area contributed by atoms with Crippen molar-refractivity contribution in [2.45, 2.75) is 32.1 Å². The molecular formula is C12H24N2O3. The van der Waals surface area contributed by atoms with E-state index in [1.807, 2.05) is 4.90 Å². The van der Waals surface area contributed by atoms with Gasteiger partial charge >= 0.3 is 6.03 Å². The zero-order valence-electron chi connectivity index (χ0n) is 10.5. The molecule has 0 spiro atoms. The van der Waals surface area contributed by atoms with Crippen LogP contribution < -0.4 is 5.32 Å². The first-order chi connectivity index (χ1) is 8.34. The van der Waals surface area contributed by atoms with Gasteiger partial charge in [-0.25, -0.2) is 4.79 Å². The number of likely N-dealkylation sites (tertiary alicyclic amines) is 1. The van der Waals surface area contributed by atoms with Crippen LogP contribution in [0.3, 0.4) is 0 Å². The molecule has 1 aliphatic rings. The van der Waals surface area contributed by atoms with Gasteiger partial charge in [-0.1, -0.05) is 12.8 Å². The first-order valence-corrected chi connectivity index (χ1v) is 6.56. The van der Waals surface area contributed by atoms with E-state index >= 15 is 0 Å². The first-order valence-electron chi connectivity index (χ1n) is 6.56. The molecule has 0 aliphatic carbocycles. The van der Waals surface area contributed by atoms with E-state index in [2.05, 4.69) is 5.32 Å². The molecule has 0 aromatic heterocycles. The Morgan fingerprint density at radius 1 is 1.18 bits per heavy atom. The summed E-state index contributed by atoms with van der Waals surface area (Å²) in [5.74, 6) is 0. The second kappa shape index (κ2) is 9.24. The summed E-state index contributed by atoms with van der Waals surface area (Å²) in [6.45, 7) is 3.42. The van der Waals surface area contributed by atoms with Crippen molar-refractivity contribution in [2.24, 2.45) is 0 Å². The number of nitrogens with zero attached hydrogens (tertiary/aromatic N) is 1. The maximum atomic E-state index is 11.8. The zero-order chi connectivity index (χ0) is 12.3. The Balaban J connectivity index is 2.03. The largest absolute Gasteiger partial charge is 0.394 e. The van der Waals surface area contributed by atoms with Gasteiger partial charge in [-0.3, -0.25) is 0 Å². The number of hydrogen-bond acceptors (Lipinski definition) is 3. The Labute approximate surface area is 103 Å². The Kier molecular flexibility index (Phi) is 7.75. The van der Waals surface area contributed by atoms with Crippen molar-refractivity contribution in [2.75, 3.05) is 39.5 Å². The van der Waals surface area contributed by atoms with Crippen LogP contribution in [0.2, 0.25) is 0 Å². The maximum Gasteiger partial charge on any atom is 0.317 e. The van der Waals surface area contributed by atoms with E-state index < -0.39 is 0 Å². The molecule has 0 atom stereocenters. The normalized spacial score (nSPS) is 16.6. The number of carbonyl (C=O) groups excluding carboxylic acids is 1. The molecule has 2 N–H and O–H groups in total. The summed E-state index contributed by atoms with van der Waals surface area (Å²) >= 11 is 0. The lowest BCUT2D eigenvalue weighted by atomic mass is 10.2. The van der Waals surface area contributed by atoms with Gasteiger partial charge in [0.1, 0.15) is 0 Å². The molecule has 100 valence electrons. The van der Waals surface area contributed by atoms with E-state index in [0.717, 1.165) is 32.4 Å². The molecule has 1 rings (SSSR count). The van der Waals surface area contributed by atoms with Gasteiger partial charge in [0.2, 0.25) is 0 Å². The summed E-state index contributed by atoms with van der Waals surface area (Å²) in [7, 11) is 0. The Morgan fingerprint density at radius 2 is 1.88 bits per heavy atom. The number of carbonyl (C=O) groups is 1. The third kappa shape index (κ3) is 6.48. The number of ether oxygens (including phenoxy) is 1. The maximum absolute atomic E-state index is 11.8. The van der Waals surface area contributed by atoms with Crippen molar-refractivity contribution in [3.8, 4) is 0 Å². The number of hydrogen-bond donors (Lipinski definition) is 2. The molecule has 2 amide bonds. The minimum absolute atomic E-state index is 0.0501. The Hall–Kier alpha value is -0.810. The van der Waals surface area contributed by atoms with Crippen molar-refractivity contribution < 1.29 is 14.6 Å². The van der Waals surface area contributed by atoms with Gasteiger partial charge in [0.25, 0.3) is 0 Å². The SMILES string of the molecule is O=C(NCCCOCCO)N1CCCCCC1. The fraction of sp³-hybridized carbons (Fsp3) is 0.917. The van der Waals surface area contributed by atoms with Gasteiger partial charge in [-0.2, -0.15) is 0 Å². The number of urea groups is 1. The van der Waals surface area contributed by atoms with Crippen LogP contribution in [0.5, 0.6) is 0 Å². The van der Waals surface area contributed by atoms with Crippen LogP contribution in [-0.2, 0) is 4.74 Å². The van der Waals surface area contributed by atoms with Gasteiger partial charge in [-0.15, -0.1) is 0 Å². The van der Waals surface area contributed by atoms with Crippen LogP contribution in [0.4, 0.5) is 4.79 Å². The molecule has 0 radical (unpaired) electrons. The van der Waals surface area contributed by atoms with Gasteiger partial charge in [-0.05, 0) is 19.3 Å². The summed E-state index contributed by atoms with van der Waals surface area (Å²) in [5, 5.41) is 11.4. The van der Waals surface area contributed by atoms with E-state index in [0.29, 0.717) is 19.8 Å². The van der Waals surface area contributed by atoms with Crippen molar-refractivity contribution in [3.05, 3.63) is 0 Å². The Morgan fingerprint density at radius 3 is 2.53 bits per heavy atom. The molecule has 0 bridgehead atoms. The number of aliphatic hydroxyl groups is 1. The highest BCUT2D eigenvalue weighted by Gasteiger charge is 2.14. The fourth-order valence-corrected chi connectivity index (χ4v) is 1.92. The predicted molar refractivity (Wildman–Crippen MR) is 66.0 cm³/mol. The lowest BCUT2D eigenvalue weighted by Crippen LogP contribution is -2.41. The molecule has 1 heterocycles. The zero-order valence-corrected chi connectivity index (χ0v) is 10.5. The number of aliphatic hydroxyl groups excluding tert-OH is 1. The molecule has 5 heteroatoms. The predicted octanol–water partition coefficient (Wildman–Crippen LogP) is 0.971. The van der Waals surface area contributed by atoms with Crippen LogP contribution in [0, 0.1) is 0 Å². The van der Waals surface area contributed by atoms with E-state index in [1.165, 1.54) is 12.8 Å². The van der Waals surface area contributed by atoms with Crippen molar-refractivity contribution in [1.29, 1.82) is 0 Å². The number of amides is 2. The second-order valence-electron chi connectivity index (χ2n) is 4.32. The average molecular weight is 244 g/mol.